The minimum atomic E-state index is 0.749. The summed E-state index contributed by atoms with van der Waals surface area (Å²) in [5.41, 5.74) is 20.0. The number of nitrogens with two attached hydrogens (primary N) is 3. The molecule has 0 atom stereocenters. The second kappa shape index (κ2) is 7.22. The molecule has 0 aliphatic heterocycles. The molecular weight excluding hydrogens is 222 g/mol. The summed E-state index contributed by atoms with van der Waals surface area (Å²) in [6, 6.07) is 15.2. The van der Waals surface area contributed by atoms with E-state index in [1.807, 2.05) is 12.1 Å². The Hall–Kier alpha value is -2.16. The Labute approximate surface area is 109 Å². The van der Waals surface area contributed by atoms with Crippen LogP contribution in [0.25, 0.3) is 0 Å². The van der Waals surface area contributed by atoms with Gasteiger partial charge in [0.2, 0.25) is 0 Å². The molecule has 0 aliphatic carbocycles. The molecule has 0 saturated heterocycles. The third kappa shape index (κ3) is 5.25. The Balaban J connectivity index is 0.000000184. The molecule has 3 nitrogen and oxygen atoms in total. The van der Waals surface area contributed by atoms with Crippen LogP contribution in [-0.4, -0.2) is 0 Å². The molecule has 0 unspecified atom stereocenters. The number of anilines is 3. The molecule has 0 aromatic heterocycles. The first-order chi connectivity index (χ1) is 8.61. The van der Waals surface area contributed by atoms with Gasteiger partial charge in [-0.05, 0) is 48.4 Å². The molecule has 2 aromatic rings. The summed E-state index contributed by atoms with van der Waals surface area (Å²) in [5.74, 6) is 0. The Morgan fingerprint density at radius 2 is 1.00 bits per heavy atom. The zero-order chi connectivity index (χ0) is 13.4. The normalized spacial score (nSPS) is 9.39. The fraction of sp³-hybridized carbons (Fsp3) is 0.200. The maximum absolute atomic E-state index is 5.52. The fourth-order valence-electron chi connectivity index (χ4n) is 1.47. The predicted octanol–water partition coefficient (Wildman–Crippen LogP) is 3.07. The van der Waals surface area contributed by atoms with Gasteiger partial charge in [0.1, 0.15) is 0 Å². The summed E-state index contributed by atoms with van der Waals surface area (Å²) in [6.45, 7) is 2.18. The molecule has 18 heavy (non-hydrogen) atoms. The average Bonchev–Trinajstić information content (AvgIpc) is 2.37. The summed E-state index contributed by atoms with van der Waals surface area (Å²) in [5, 5.41) is 0. The second-order valence-corrected chi connectivity index (χ2v) is 4.16. The summed E-state index contributed by atoms with van der Waals surface area (Å²) in [4.78, 5) is 0. The summed E-state index contributed by atoms with van der Waals surface area (Å²) >= 11 is 0. The second-order valence-electron chi connectivity index (χ2n) is 4.16. The Kier molecular flexibility index (Phi) is 5.58. The predicted molar refractivity (Wildman–Crippen MR) is 80.1 cm³/mol. The van der Waals surface area contributed by atoms with E-state index in [0.717, 1.165) is 23.5 Å². The van der Waals surface area contributed by atoms with E-state index < -0.39 is 0 Å². The van der Waals surface area contributed by atoms with Gasteiger partial charge in [-0.25, -0.2) is 0 Å². The maximum Gasteiger partial charge on any atom is 0.0315 e. The molecule has 0 aliphatic rings. The van der Waals surface area contributed by atoms with E-state index >= 15 is 0 Å². The molecule has 0 fully saturated rings. The number of hydrogen-bond donors (Lipinski definition) is 3. The lowest BCUT2D eigenvalue weighted by Gasteiger charge is -1.97. The van der Waals surface area contributed by atoms with Crippen molar-refractivity contribution in [2.45, 2.75) is 19.8 Å². The zero-order valence-electron chi connectivity index (χ0n) is 10.8. The van der Waals surface area contributed by atoms with Crippen LogP contribution >= 0.6 is 0 Å². The summed E-state index contributed by atoms with van der Waals surface area (Å²) in [6.07, 6.45) is 2.35. The van der Waals surface area contributed by atoms with Crippen LogP contribution in [0, 0.1) is 0 Å². The largest absolute Gasteiger partial charge is 0.399 e. The van der Waals surface area contributed by atoms with E-state index in [1.54, 1.807) is 24.3 Å². The molecule has 3 heteroatoms. The van der Waals surface area contributed by atoms with E-state index in [1.165, 1.54) is 12.0 Å². The van der Waals surface area contributed by atoms with Crippen LogP contribution in [0.1, 0.15) is 18.9 Å². The van der Waals surface area contributed by atoms with Crippen molar-refractivity contribution in [3.63, 3.8) is 0 Å². The van der Waals surface area contributed by atoms with Gasteiger partial charge in [-0.15, -0.1) is 0 Å². The number of benzene rings is 2. The molecule has 2 rings (SSSR count). The third-order valence-electron chi connectivity index (χ3n) is 2.45. The van der Waals surface area contributed by atoms with Gasteiger partial charge < -0.3 is 17.2 Å². The van der Waals surface area contributed by atoms with Gasteiger partial charge in [0.25, 0.3) is 0 Å². The minimum Gasteiger partial charge on any atom is -0.399 e. The van der Waals surface area contributed by atoms with Crippen molar-refractivity contribution in [2.24, 2.45) is 0 Å². The van der Waals surface area contributed by atoms with Crippen LogP contribution in [0.2, 0.25) is 0 Å². The molecule has 0 heterocycles. The van der Waals surface area contributed by atoms with Crippen LogP contribution in [0.15, 0.2) is 48.5 Å². The average molecular weight is 243 g/mol. The number of rotatable bonds is 2. The van der Waals surface area contributed by atoms with E-state index in [9.17, 15) is 0 Å². The van der Waals surface area contributed by atoms with Crippen molar-refractivity contribution in [3.05, 3.63) is 54.1 Å². The standard InChI is InChI=1S/C9H13N.C6H8N2/c1-2-3-8-4-6-9(10)7-5-8;7-5-1-2-6(8)4-3-5/h4-7H,2-3,10H2,1H3;1-4H,7-8H2. The smallest absolute Gasteiger partial charge is 0.0315 e. The van der Waals surface area contributed by atoms with Gasteiger partial charge in [0, 0.05) is 17.1 Å². The van der Waals surface area contributed by atoms with Crippen molar-refractivity contribution in [2.75, 3.05) is 17.2 Å². The van der Waals surface area contributed by atoms with Crippen LogP contribution in [0.4, 0.5) is 17.1 Å². The van der Waals surface area contributed by atoms with Gasteiger partial charge in [0.15, 0.2) is 0 Å². The molecule has 96 valence electrons. The Morgan fingerprint density at radius 1 is 0.667 bits per heavy atom. The van der Waals surface area contributed by atoms with Crippen molar-refractivity contribution < 1.29 is 0 Å². The Morgan fingerprint density at radius 3 is 1.33 bits per heavy atom. The topological polar surface area (TPSA) is 78.1 Å². The lowest BCUT2D eigenvalue weighted by molar-refractivity contribution is 0.922. The van der Waals surface area contributed by atoms with E-state index in [2.05, 4.69) is 19.1 Å². The van der Waals surface area contributed by atoms with Crippen LogP contribution in [-0.2, 0) is 6.42 Å². The number of nitrogen functional groups attached to an aromatic ring is 3. The molecular formula is C15H21N3. The molecule has 0 radical (unpaired) electrons. The van der Waals surface area contributed by atoms with Crippen molar-refractivity contribution >= 4 is 17.1 Å². The van der Waals surface area contributed by atoms with Gasteiger partial charge in [-0.3, -0.25) is 0 Å². The maximum atomic E-state index is 5.52. The minimum absolute atomic E-state index is 0.749. The highest BCUT2D eigenvalue weighted by Gasteiger charge is 1.88. The number of hydrogen-bond acceptors (Lipinski definition) is 3. The van der Waals surface area contributed by atoms with Crippen LogP contribution in [0.5, 0.6) is 0 Å². The first-order valence-electron chi connectivity index (χ1n) is 6.07. The summed E-state index contributed by atoms with van der Waals surface area (Å²) in [7, 11) is 0. The molecule has 0 bridgehead atoms. The van der Waals surface area contributed by atoms with Gasteiger partial charge in [-0.2, -0.15) is 0 Å². The highest BCUT2D eigenvalue weighted by Crippen LogP contribution is 2.06. The van der Waals surface area contributed by atoms with Crippen molar-refractivity contribution in [3.8, 4) is 0 Å². The number of aryl methyl sites for hydroxylation is 1. The van der Waals surface area contributed by atoms with Gasteiger partial charge >= 0.3 is 0 Å². The first-order valence-corrected chi connectivity index (χ1v) is 6.07. The van der Waals surface area contributed by atoms with Crippen molar-refractivity contribution in [1.82, 2.24) is 0 Å². The highest BCUT2D eigenvalue weighted by molar-refractivity contribution is 5.47. The molecule has 0 spiro atoms. The summed E-state index contributed by atoms with van der Waals surface area (Å²) < 4.78 is 0. The first kappa shape index (κ1) is 13.9. The highest BCUT2D eigenvalue weighted by atomic mass is 14.6. The van der Waals surface area contributed by atoms with E-state index in [-0.39, 0.29) is 0 Å². The molecule has 2 aromatic carbocycles. The van der Waals surface area contributed by atoms with Gasteiger partial charge in [-0.1, -0.05) is 25.5 Å². The monoisotopic (exact) mass is 243 g/mol. The fourth-order valence-corrected chi connectivity index (χ4v) is 1.47. The lowest BCUT2D eigenvalue weighted by atomic mass is 10.1. The van der Waals surface area contributed by atoms with Crippen LogP contribution < -0.4 is 17.2 Å². The lowest BCUT2D eigenvalue weighted by Crippen LogP contribution is -1.86. The van der Waals surface area contributed by atoms with E-state index in [0.29, 0.717) is 0 Å². The molecule has 0 amide bonds. The van der Waals surface area contributed by atoms with Gasteiger partial charge in [0.05, 0.1) is 0 Å². The quantitative estimate of drug-likeness (QED) is 0.709. The third-order valence-corrected chi connectivity index (χ3v) is 2.45. The molecule has 0 saturated carbocycles. The Bertz CT molecular complexity index is 425. The van der Waals surface area contributed by atoms with Crippen molar-refractivity contribution in [1.29, 1.82) is 0 Å². The SMILES string of the molecule is CCCc1ccc(N)cc1.Nc1ccc(N)cc1. The molecule has 6 N–H and O–H groups in total. The van der Waals surface area contributed by atoms with Crippen LogP contribution in [0.3, 0.4) is 0 Å². The van der Waals surface area contributed by atoms with E-state index in [4.69, 9.17) is 17.2 Å². The zero-order valence-corrected chi connectivity index (χ0v) is 10.8.